The Labute approximate surface area is 231 Å². The maximum absolute atomic E-state index is 13.4. The normalized spacial score (nSPS) is 20.4. The summed E-state index contributed by atoms with van der Waals surface area (Å²) in [6, 6.07) is 14.1. The fraction of sp³-hybridized carbons (Fsp3) is 0.483. The van der Waals surface area contributed by atoms with E-state index in [2.05, 4.69) is 59.9 Å². The Kier molecular flexibility index (Phi) is 7.89. The number of carbonyl (C=O) groups excluding carboxylic acids is 1. The van der Waals surface area contributed by atoms with E-state index in [0.29, 0.717) is 5.69 Å². The number of aromatic nitrogens is 3. The van der Waals surface area contributed by atoms with E-state index in [1.807, 2.05) is 10.9 Å². The maximum Gasteiger partial charge on any atom is 0.243 e. The Morgan fingerprint density at radius 2 is 1.92 bits per heavy atom. The van der Waals surface area contributed by atoms with Gasteiger partial charge in [0, 0.05) is 38.8 Å². The lowest BCUT2D eigenvalue weighted by Crippen LogP contribution is -2.57. The van der Waals surface area contributed by atoms with Crippen LogP contribution < -0.4 is 10.6 Å². The molecule has 208 valence electrons. The van der Waals surface area contributed by atoms with E-state index < -0.39 is 16.1 Å². The van der Waals surface area contributed by atoms with Gasteiger partial charge in [-0.25, -0.2) is 13.1 Å². The summed E-state index contributed by atoms with van der Waals surface area (Å²) in [5.74, 6) is -0.314. The molecule has 2 N–H and O–H groups in total. The molecule has 1 saturated heterocycles. The minimum atomic E-state index is -3.82. The van der Waals surface area contributed by atoms with Crippen molar-refractivity contribution in [2.45, 2.75) is 70.0 Å². The van der Waals surface area contributed by atoms with Crippen molar-refractivity contribution in [1.29, 1.82) is 0 Å². The van der Waals surface area contributed by atoms with Gasteiger partial charge < -0.3 is 10.6 Å². The van der Waals surface area contributed by atoms with E-state index in [1.54, 1.807) is 30.3 Å². The summed E-state index contributed by atoms with van der Waals surface area (Å²) in [4.78, 5) is 13.0. The molecule has 0 radical (unpaired) electrons. The molecule has 1 fully saturated rings. The number of fused-ring (bicyclic) bond motifs is 1. The standard InChI is InChI=1S/C29H38N6O3S/c1-29(2,3)20-30-18-21-12-13-25-22(16-21)8-7-11-26(25)34-19-23(32-33-34)17-27-28(36)31-14-15-35(27)39(37,38)24-9-5-4-6-10-24/h4-6,9-10,12-13,16,19,26-27,30H,7-8,11,14-15,17-18,20H2,1-3H3,(H,31,36)/t26-,27-/m1/s1. The summed E-state index contributed by atoms with van der Waals surface area (Å²) in [6.45, 7) is 8.97. The van der Waals surface area contributed by atoms with Crippen molar-refractivity contribution < 1.29 is 13.2 Å². The lowest BCUT2D eigenvalue weighted by molar-refractivity contribution is -0.126. The van der Waals surface area contributed by atoms with E-state index in [-0.39, 0.29) is 41.8 Å². The number of rotatable bonds is 8. The van der Waals surface area contributed by atoms with Gasteiger partial charge in [-0.3, -0.25) is 4.79 Å². The Bertz CT molecular complexity index is 1410. The molecule has 9 nitrogen and oxygen atoms in total. The second-order valence-electron chi connectivity index (χ2n) is 11.7. The number of hydrogen-bond donors (Lipinski definition) is 2. The first kappa shape index (κ1) is 27.5. The van der Waals surface area contributed by atoms with Crippen LogP contribution in [0, 0.1) is 5.41 Å². The fourth-order valence-electron chi connectivity index (χ4n) is 5.47. The van der Waals surface area contributed by atoms with E-state index >= 15 is 0 Å². The van der Waals surface area contributed by atoms with Crippen molar-refractivity contribution in [3.05, 3.63) is 77.1 Å². The molecule has 1 aliphatic heterocycles. The van der Waals surface area contributed by atoms with Crippen LogP contribution in [0.1, 0.15) is 62.0 Å². The highest BCUT2D eigenvalue weighted by Gasteiger charge is 2.39. The lowest BCUT2D eigenvalue weighted by atomic mass is 9.86. The van der Waals surface area contributed by atoms with Crippen LogP contribution in [0.5, 0.6) is 0 Å². The second-order valence-corrected chi connectivity index (χ2v) is 13.6. The van der Waals surface area contributed by atoms with Crippen LogP contribution in [-0.2, 0) is 34.2 Å². The molecule has 2 atom stereocenters. The maximum atomic E-state index is 13.4. The van der Waals surface area contributed by atoms with E-state index in [0.717, 1.165) is 32.4 Å². The Hall–Kier alpha value is -3.08. The molecular formula is C29H38N6O3S. The number of piperazine rings is 1. The molecule has 1 aromatic heterocycles. The minimum Gasteiger partial charge on any atom is -0.353 e. The lowest BCUT2D eigenvalue weighted by Gasteiger charge is -2.33. The largest absolute Gasteiger partial charge is 0.353 e. The first-order valence-electron chi connectivity index (χ1n) is 13.7. The Morgan fingerprint density at radius 3 is 2.69 bits per heavy atom. The summed E-state index contributed by atoms with van der Waals surface area (Å²) in [5, 5.41) is 15.2. The molecule has 2 aliphatic rings. The summed E-state index contributed by atoms with van der Waals surface area (Å²) in [6.07, 6.45) is 5.08. The monoisotopic (exact) mass is 550 g/mol. The summed E-state index contributed by atoms with van der Waals surface area (Å²) < 4.78 is 29.9. The molecule has 0 unspecified atom stereocenters. The van der Waals surface area contributed by atoms with Gasteiger partial charge in [-0.2, -0.15) is 4.31 Å². The van der Waals surface area contributed by atoms with Crippen molar-refractivity contribution >= 4 is 15.9 Å². The van der Waals surface area contributed by atoms with Crippen LogP contribution in [0.3, 0.4) is 0 Å². The van der Waals surface area contributed by atoms with Crippen molar-refractivity contribution in [1.82, 2.24) is 29.9 Å². The first-order chi connectivity index (χ1) is 18.6. The van der Waals surface area contributed by atoms with Crippen molar-refractivity contribution in [2.24, 2.45) is 5.41 Å². The highest BCUT2D eigenvalue weighted by molar-refractivity contribution is 7.89. The molecule has 2 aromatic carbocycles. The predicted molar refractivity (Wildman–Crippen MR) is 150 cm³/mol. The molecule has 1 aliphatic carbocycles. The smallest absolute Gasteiger partial charge is 0.243 e. The van der Waals surface area contributed by atoms with Gasteiger partial charge in [-0.15, -0.1) is 5.10 Å². The summed E-state index contributed by atoms with van der Waals surface area (Å²) in [5.41, 5.74) is 4.71. The van der Waals surface area contributed by atoms with Crippen molar-refractivity contribution in [3.63, 3.8) is 0 Å². The molecule has 5 rings (SSSR count). The van der Waals surface area contributed by atoms with Crippen LogP contribution in [-0.4, -0.2) is 59.3 Å². The zero-order valence-electron chi connectivity index (χ0n) is 22.9. The number of carbonyl (C=O) groups is 1. The van der Waals surface area contributed by atoms with Crippen LogP contribution >= 0.6 is 0 Å². The molecule has 39 heavy (non-hydrogen) atoms. The fourth-order valence-corrected chi connectivity index (χ4v) is 7.08. The van der Waals surface area contributed by atoms with Crippen LogP contribution in [0.4, 0.5) is 0 Å². The number of nitrogens with one attached hydrogen (secondary N) is 2. The number of amides is 1. The van der Waals surface area contributed by atoms with Gasteiger partial charge in [-0.05, 0) is 53.5 Å². The average molecular weight is 551 g/mol. The third-order valence-corrected chi connectivity index (χ3v) is 9.31. The van der Waals surface area contributed by atoms with Crippen LogP contribution in [0.2, 0.25) is 0 Å². The molecule has 1 amide bonds. The van der Waals surface area contributed by atoms with Crippen molar-refractivity contribution in [2.75, 3.05) is 19.6 Å². The zero-order valence-corrected chi connectivity index (χ0v) is 23.7. The summed E-state index contributed by atoms with van der Waals surface area (Å²) in [7, 11) is -3.82. The molecule has 2 heterocycles. The average Bonchev–Trinajstić information content (AvgIpc) is 3.37. The summed E-state index contributed by atoms with van der Waals surface area (Å²) >= 11 is 0. The topological polar surface area (TPSA) is 109 Å². The zero-order chi connectivity index (χ0) is 27.6. The van der Waals surface area contributed by atoms with E-state index in [1.165, 1.54) is 21.0 Å². The number of aryl methyl sites for hydroxylation is 1. The van der Waals surface area contributed by atoms with Gasteiger partial charge in [0.2, 0.25) is 15.9 Å². The molecule has 0 spiro atoms. The predicted octanol–water partition coefficient (Wildman–Crippen LogP) is 3.07. The van der Waals surface area contributed by atoms with Crippen LogP contribution in [0.25, 0.3) is 0 Å². The third-order valence-electron chi connectivity index (χ3n) is 7.39. The van der Waals surface area contributed by atoms with Gasteiger partial charge in [0.05, 0.1) is 16.6 Å². The highest BCUT2D eigenvalue weighted by atomic mass is 32.2. The molecule has 0 saturated carbocycles. The van der Waals surface area contributed by atoms with Gasteiger partial charge in [0.15, 0.2) is 0 Å². The number of nitrogens with zero attached hydrogens (tertiary/aromatic N) is 4. The SMILES string of the molecule is CC(C)(C)CNCc1ccc2c(c1)CCC[C@H]2n1cc(C[C@@H]2C(=O)NCCN2S(=O)(=O)c2ccccc2)nn1. The van der Waals surface area contributed by atoms with Gasteiger partial charge in [-0.1, -0.05) is 62.4 Å². The number of benzene rings is 2. The minimum absolute atomic E-state index is 0.0657. The Morgan fingerprint density at radius 1 is 1.13 bits per heavy atom. The van der Waals surface area contributed by atoms with Gasteiger partial charge in [0.25, 0.3) is 0 Å². The van der Waals surface area contributed by atoms with E-state index in [4.69, 9.17) is 0 Å². The number of hydrogen-bond acceptors (Lipinski definition) is 6. The molecule has 0 bridgehead atoms. The van der Waals surface area contributed by atoms with Gasteiger partial charge in [0.1, 0.15) is 6.04 Å². The molecule has 10 heteroatoms. The quantitative estimate of drug-likeness (QED) is 0.446. The highest BCUT2D eigenvalue weighted by Crippen LogP contribution is 2.33. The van der Waals surface area contributed by atoms with Crippen LogP contribution in [0.15, 0.2) is 59.6 Å². The van der Waals surface area contributed by atoms with Gasteiger partial charge >= 0.3 is 0 Å². The number of sulfonamides is 1. The molecular weight excluding hydrogens is 512 g/mol. The molecule has 3 aromatic rings. The first-order valence-corrected chi connectivity index (χ1v) is 15.1. The Balaban J connectivity index is 1.32. The second kappa shape index (κ2) is 11.2. The third kappa shape index (κ3) is 6.23. The van der Waals surface area contributed by atoms with Crippen molar-refractivity contribution in [3.8, 4) is 0 Å². The van der Waals surface area contributed by atoms with E-state index in [9.17, 15) is 13.2 Å².